The lowest BCUT2D eigenvalue weighted by Crippen LogP contribution is -2.19. The first kappa shape index (κ1) is 7.52. The average molecular weight is 168 g/mol. The minimum absolute atomic E-state index is 0.336. The summed E-state index contributed by atoms with van der Waals surface area (Å²) in [5.41, 5.74) is 0.785. The molecule has 2 aliphatic rings. The van der Waals surface area contributed by atoms with Gasteiger partial charge in [-0.1, -0.05) is 0 Å². The Hall–Kier alpha value is -1.13. The van der Waals surface area contributed by atoms with Crippen molar-refractivity contribution in [1.82, 2.24) is 0 Å². The molecule has 0 saturated carbocycles. The number of rotatable bonds is 1. The molecule has 0 radical (unpaired) electrons. The molecule has 0 aromatic carbocycles. The Bertz CT molecular complexity index is 277. The van der Waals surface area contributed by atoms with Crippen LogP contribution in [0.5, 0.6) is 0 Å². The molecule has 0 saturated heterocycles. The molecule has 2 rings (SSSR count). The van der Waals surface area contributed by atoms with Crippen molar-refractivity contribution in [3.63, 3.8) is 0 Å². The molecule has 64 valence electrons. The van der Waals surface area contributed by atoms with Crippen LogP contribution in [0, 0.1) is 0 Å². The van der Waals surface area contributed by atoms with Crippen LogP contribution < -0.4 is 0 Å². The third-order valence-corrected chi connectivity index (χ3v) is 1.74. The molecule has 0 N–H and O–H groups in total. The molecule has 12 heavy (non-hydrogen) atoms. The molecule has 0 aromatic rings. The molecule has 0 unspecified atom stereocenters. The maximum atomic E-state index is 10.8. The van der Waals surface area contributed by atoms with Crippen LogP contribution in [0.25, 0.3) is 0 Å². The van der Waals surface area contributed by atoms with Crippen molar-refractivity contribution in [2.75, 3.05) is 13.7 Å². The Morgan fingerprint density at radius 3 is 3.25 bits per heavy atom. The number of fused-ring (bicyclic) bond motifs is 1. The summed E-state index contributed by atoms with van der Waals surface area (Å²) >= 11 is 0. The van der Waals surface area contributed by atoms with E-state index in [0.29, 0.717) is 12.4 Å². The highest BCUT2D eigenvalue weighted by atomic mass is 16.7. The van der Waals surface area contributed by atoms with E-state index in [1.165, 1.54) is 13.2 Å². The Balaban J connectivity index is 2.24. The van der Waals surface area contributed by atoms with Gasteiger partial charge in [0.1, 0.15) is 5.76 Å². The van der Waals surface area contributed by atoms with Gasteiger partial charge >= 0.3 is 5.97 Å². The highest BCUT2D eigenvalue weighted by Crippen LogP contribution is 2.25. The van der Waals surface area contributed by atoms with Crippen molar-refractivity contribution in [2.45, 2.75) is 6.29 Å². The lowest BCUT2D eigenvalue weighted by atomic mass is 10.2. The fraction of sp³-hybridized carbons (Fsp3) is 0.375. The maximum absolute atomic E-state index is 10.8. The van der Waals surface area contributed by atoms with E-state index in [1.54, 1.807) is 6.08 Å². The van der Waals surface area contributed by atoms with Gasteiger partial charge in [-0.05, 0) is 0 Å². The number of carbonyl (C=O) groups excluding carboxylic acids is 1. The number of methoxy groups -OCH3 is 1. The largest absolute Gasteiger partial charge is 0.423 e. The SMILES string of the molecule is CO[C@@H]1C=C2OC(=O)C=C2CO1. The Morgan fingerprint density at radius 2 is 2.50 bits per heavy atom. The highest BCUT2D eigenvalue weighted by molar-refractivity contribution is 5.88. The van der Waals surface area contributed by atoms with Crippen molar-refractivity contribution < 1.29 is 19.0 Å². The summed E-state index contributed by atoms with van der Waals surface area (Å²) in [5, 5.41) is 0. The molecule has 4 nitrogen and oxygen atoms in total. The molecular weight excluding hydrogens is 160 g/mol. The first-order chi connectivity index (χ1) is 5.79. The summed E-state index contributed by atoms with van der Waals surface area (Å²) in [5.74, 6) is 0.231. The van der Waals surface area contributed by atoms with Gasteiger partial charge in [-0.15, -0.1) is 0 Å². The number of hydrogen-bond acceptors (Lipinski definition) is 4. The second kappa shape index (κ2) is 2.73. The third-order valence-electron chi connectivity index (χ3n) is 1.74. The smallest absolute Gasteiger partial charge is 0.336 e. The van der Waals surface area contributed by atoms with E-state index in [0.717, 1.165) is 5.57 Å². The van der Waals surface area contributed by atoms with Crippen LogP contribution in [0.2, 0.25) is 0 Å². The summed E-state index contributed by atoms with van der Waals surface area (Å²) in [7, 11) is 1.53. The van der Waals surface area contributed by atoms with Crippen LogP contribution in [-0.2, 0) is 19.0 Å². The number of ether oxygens (including phenoxy) is 3. The van der Waals surface area contributed by atoms with Gasteiger partial charge in [-0.25, -0.2) is 4.79 Å². The molecular formula is C8H8O4. The number of esters is 1. The van der Waals surface area contributed by atoms with Crippen LogP contribution in [0.3, 0.4) is 0 Å². The van der Waals surface area contributed by atoms with E-state index in [9.17, 15) is 4.79 Å². The first-order valence-electron chi connectivity index (χ1n) is 3.58. The van der Waals surface area contributed by atoms with E-state index < -0.39 is 6.29 Å². The van der Waals surface area contributed by atoms with E-state index >= 15 is 0 Å². The number of carbonyl (C=O) groups is 1. The Labute approximate surface area is 69.4 Å². The summed E-state index contributed by atoms with van der Waals surface area (Å²) in [6.07, 6.45) is 2.67. The molecule has 0 bridgehead atoms. The molecule has 0 aliphatic carbocycles. The summed E-state index contributed by atoms with van der Waals surface area (Å²) < 4.78 is 15.0. The minimum Gasteiger partial charge on any atom is -0.423 e. The van der Waals surface area contributed by atoms with Gasteiger partial charge in [0.2, 0.25) is 0 Å². The zero-order valence-electron chi connectivity index (χ0n) is 6.57. The molecule has 1 atom stereocenters. The van der Waals surface area contributed by atoms with Crippen molar-refractivity contribution in [1.29, 1.82) is 0 Å². The van der Waals surface area contributed by atoms with Crippen molar-refractivity contribution in [3.05, 3.63) is 23.5 Å². The fourth-order valence-electron chi connectivity index (χ4n) is 1.15. The van der Waals surface area contributed by atoms with Crippen LogP contribution in [-0.4, -0.2) is 26.0 Å². The molecule has 2 heterocycles. The summed E-state index contributed by atoms with van der Waals surface area (Å²) in [4.78, 5) is 10.8. The minimum atomic E-state index is -0.400. The quantitative estimate of drug-likeness (QED) is 0.530. The van der Waals surface area contributed by atoms with Gasteiger partial charge in [0.05, 0.1) is 6.61 Å². The predicted octanol–water partition coefficient (Wildman–Crippen LogP) is 0.356. The standard InChI is InChI=1S/C8H8O4/c1-10-8-3-6-5(4-11-8)2-7(9)12-6/h2-3,8H,4H2,1H3/t8-/m0/s1. The average Bonchev–Trinajstić information content (AvgIpc) is 2.43. The summed E-state index contributed by atoms with van der Waals surface area (Å²) in [6.45, 7) is 0.371. The molecule has 0 spiro atoms. The second-order valence-electron chi connectivity index (χ2n) is 2.54. The van der Waals surface area contributed by atoms with Crippen LogP contribution in [0.1, 0.15) is 0 Å². The number of hydrogen-bond donors (Lipinski definition) is 0. The molecule has 0 aromatic heterocycles. The first-order valence-corrected chi connectivity index (χ1v) is 3.58. The van der Waals surface area contributed by atoms with Crippen LogP contribution in [0.15, 0.2) is 23.5 Å². The highest BCUT2D eigenvalue weighted by Gasteiger charge is 2.26. The zero-order valence-corrected chi connectivity index (χ0v) is 6.57. The van der Waals surface area contributed by atoms with Gasteiger partial charge in [0.15, 0.2) is 6.29 Å². The second-order valence-corrected chi connectivity index (χ2v) is 2.54. The van der Waals surface area contributed by atoms with Gasteiger partial charge in [-0.3, -0.25) is 0 Å². The molecule has 0 amide bonds. The normalized spacial score (nSPS) is 27.4. The third kappa shape index (κ3) is 1.15. The predicted molar refractivity (Wildman–Crippen MR) is 39.0 cm³/mol. The Morgan fingerprint density at radius 1 is 1.67 bits per heavy atom. The Kier molecular flexibility index (Phi) is 1.71. The maximum Gasteiger partial charge on any atom is 0.336 e. The van der Waals surface area contributed by atoms with E-state index in [1.807, 2.05) is 0 Å². The summed E-state index contributed by atoms with van der Waals surface area (Å²) in [6, 6.07) is 0. The fourth-order valence-corrected chi connectivity index (χ4v) is 1.15. The van der Waals surface area contributed by atoms with E-state index in [2.05, 4.69) is 0 Å². The zero-order chi connectivity index (χ0) is 8.55. The van der Waals surface area contributed by atoms with E-state index in [4.69, 9.17) is 14.2 Å². The lowest BCUT2D eigenvalue weighted by molar-refractivity contribution is -0.132. The topological polar surface area (TPSA) is 44.8 Å². The van der Waals surface area contributed by atoms with Crippen molar-refractivity contribution in [2.24, 2.45) is 0 Å². The van der Waals surface area contributed by atoms with Gasteiger partial charge in [0, 0.05) is 24.8 Å². The monoisotopic (exact) mass is 168 g/mol. The van der Waals surface area contributed by atoms with Crippen molar-refractivity contribution in [3.8, 4) is 0 Å². The van der Waals surface area contributed by atoms with Crippen LogP contribution >= 0.6 is 0 Å². The molecule has 2 aliphatic heterocycles. The lowest BCUT2D eigenvalue weighted by Gasteiger charge is -2.18. The molecule has 0 fully saturated rings. The van der Waals surface area contributed by atoms with E-state index in [-0.39, 0.29) is 5.97 Å². The van der Waals surface area contributed by atoms with Crippen molar-refractivity contribution >= 4 is 5.97 Å². The van der Waals surface area contributed by atoms with Gasteiger partial charge < -0.3 is 14.2 Å². The molecule has 4 heteroatoms. The van der Waals surface area contributed by atoms with Crippen LogP contribution in [0.4, 0.5) is 0 Å². The van der Waals surface area contributed by atoms with Gasteiger partial charge in [-0.2, -0.15) is 0 Å². The van der Waals surface area contributed by atoms with Gasteiger partial charge in [0.25, 0.3) is 0 Å².